The molecule has 0 aliphatic carbocycles. The number of hydrogen-bond donors (Lipinski definition) is 0. The summed E-state index contributed by atoms with van der Waals surface area (Å²) in [5, 5.41) is 0.478. The Morgan fingerprint density at radius 2 is 2.00 bits per heavy atom. The lowest BCUT2D eigenvalue weighted by Crippen LogP contribution is -1.98. The number of halogens is 2. The number of aryl methyl sites for hydroxylation is 2. The molecule has 16 heavy (non-hydrogen) atoms. The van der Waals surface area contributed by atoms with Crippen LogP contribution in [0.3, 0.4) is 0 Å². The SMILES string of the molecule is Cc1ccnc(-c2nc(C)c(I)c(Cl)n2)c1. The second kappa shape index (κ2) is 4.63. The third-order valence-electron chi connectivity index (χ3n) is 2.12. The molecule has 0 saturated heterocycles. The number of pyridine rings is 1. The summed E-state index contributed by atoms with van der Waals surface area (Å²) < 4.78 is 0.885. The minimum atomic E-state index is 0.478. The summed E-state index contributed by atoms with van der Waals surface area (Å²) in [4.78, 5) is 12.8. The average Bonchev–Trinajstić information content (AvgIpc) is 2.25. The molecule has 0 spiro atoms. The van der Waals surface area contributed by atoms with E-state index >= 15 is 0 Å². The standard InChI is InChI=1S/C11H9ClIN3/c1-6-3-4-14-8(5-6)11-15-7(2)9(13)10(12)16-11/h3-5H,1-2H3. The predicted molar refractivity (Wildman–Crippen MR) is 72.5 cm³/mol. The van der Waals surface area contributed by atoms with E-state index in [2.05, 4.69) is 37.5 Å². The Kier molecular flexibility index (Phi) is 3.39. The highest BCUT2D eigenvalue weighted by Gasteiger charge is 2.09. The lowest BCUT2D eigenvalue weighted by molar-refractivity contribution is 1.07. The van der Waals surface area contributed by atoms with Crippen LogP contribution in [0.4, 0.5) is 0 Å². The van der Waals surface area contributed by atoms with Gasteiger partial charge in [0.25, 0.3) is 0 Å². The monoisotopic (exact) mass is 345 g/mol. The van der Waals surface area contributed by atoms with Crippen molar-refractivity contribution in [1.82, 2.24) is 15.0 Å². The van der Waals surface area contributed by atoms with Gasteiger partial charge in [-0.25, -0.2) is 9.97 Å². The summed E-state index contributed by atoms with van der Waals surface area (Å²) in [5.74, 6) is 0.576. The number of hydrogen-bond acceptors (Lipinski definition) is 3. The molecule has 2 heterocycles. The van der Waals surface area contributed by atoms with Crippen molar-refractivity contribution in [3.8, 4) is 11.5 Å². The van der Waals surface area contributed by atoms with Gasteiger partial charge in [-0.3, -0.25) is 4.98 Å². The molecule has 0 atom stereocenters. The van der Waals surface area contributed by atoms with Crippen molar-refractivity contribution in [2.45, 2.75) is 13.8 Å². The van der Waals surface area contributed by atoms with Gasteiger partial charge in [0, 0.05) is 6.20 Å². The van der Waals surface area contributed by atoms with Gasteiger partial charge < -0.3 is 0 Å². The smallest absolute Gasteiger partial charge is 0.179 e. The van der Waals surface area contributed by atoms with Gasteiger partial charge in [0.05, 0.1) is 9.26 Å². The maximum absolute atomic E-state index is 6.02. The van der Waals surface area contributed by atoms with Crippen molar-refractivity contribution in [2.75, 3.05) is 0 Å². The lowest BCUT2D eigenvalue weighted by Gasteiger charge is -2.04. The van der Waals surface area contributed by atoms with Crippen molar-refractivity contribution >= 4 is 34.2 Å². The molecule has 0 aliphatic heterocycles. The Hall–Kier alpha value is -0.750. The molecule has 0 N–H and O–H groups in total. The minimum Gasteiger partial charge on any atom is -0.253 e. The van der Waals surface area contributed by atoms with E-state index in [1.165, 1.54) is 0 Å². The van der Waals surface area contributed by atoms with Crippen molar-refractivity contribution < 1.29 is 0 Å². The van der Waals surface area contributed by atoms with Crippen LogP contribution >= 0.6 is 34.2 Å². The van der Waals surface area contributed by atoms with Crippen LogP contribution in [-0.4, -0.2) is 15.0 Å². The normalized spacial score (nSPS) is 10.5. The highest BCUT2D eigenvalue weighted by Crippen LogP contribution is 2.22. The fraction of sp³-hybridized carbons (Fsp3) is 0.182. The van der Waals surface area contributed by atoms with Crippen molar-refractivity contribution in [3.05, 3.63) is 38.3 Å². The van der Waals surface area contributed by atoms with Crippen LogP contribution in [0.25, 0.3) is 11.5 Å². The van der Waals surface area contributed by atoms with E-state index in [0.717, 1.165) is 20.5 Å². The van der Waals surface area contributed by atoms with Crippen LogP contribution in [0.15, 0.2) is 18.3 Å². The van der Waals surface area contributed by atoms with E-state index in [4.69, 9.17) is 11.6 Å². The second-order valence-electron chi connectivity index (χ2n) is 3.46. The van der Waals surface area contributed by atoms with Gasteiger partial charge in [-0.15, -0.1) is 0 Å². The van der Waals surface area contributed by atoms with Gasteiger partial charge in [0.1, 0.15) is 10.8 Å². The summed E-state index contributed by atoms with van der Waals surface area (Å²) in [6, 6.07) is 3.88. The zero-order chi connectivity index (χ0) is 11.7. The minimum absolute atomic E-state index is 0.478. The first-order valence-corrected chi connectivity index (χ1v) is 6.16. The lowest BCUT2D eigenvalue weighted by atomic mass is 10.2. The zero-order valence-corrected chi connectivity index (χ0v) is 11.7. The average molecular weight is 346 g/mol. The molecule has 0 aromatic carbocycles. The van der Waals surface area contributed by atoms with Crippen molar-refractivity contribution in [1.29, 1.82) is 0 Å². The maximum atomic E-state index is 6.02. The van der Waals surface area contributed by atoms with E-state index in [0.29, 0.717) is 11.0 Å². The van der Waals surface area contributed by atoms with Crippen LogP contribution < -0.4 is 0 Å². The summed E-state index contributed by atoms with van der Waals surface area (Å²) >= 11 is 8.16. The largest absolute Gasteiger partial charge is 0.253 e. The van der Waals surface area contributed by atoms with Crippen LogP contribution in [0.2, 0.25) is 5.15 Å². The van der Waals surface area contributed by atoms with Gasteiger partial charge in [-0.2, -0.15) is 0 Å². The molecular formula is C11H9ClIN3. The first-order chi connectivity index (χ1) is 7.58. The fourth-order valence-electron chi connectivity index (χ4n) is 1.30. The van der Waals surface area contributed by atoms with E-state index in [1.54, 1.807) is 6.20 Å². The maximum Gasteiger partial charge on any atom is 0.179 e. The third kappa shape index (κ3) is 2.32. The summed E-state index contributed by atoms with van der Waals surface area (Å²) in [6.07, 6.45) is 1.75. The Morgan fingerprint density at radius 3 is 2.62 bits per heavy atom. The second-order valence-corrected chi connectivity index (χ2v) is 4.89. The summed E-state index contributed by atoms with van der Waals surface area (Å²) in [5.41, 5.74) is 2.75. The van der Waals surface area contributed by atoms with Gasteiger partial charge in [0.2, 0.25) is 0 Å². The molecule has 0 saturated carbocycles. The number of aromatic nitrogens is 3. The quantitative estimate of drug-likeness (QED) is 0.587. The fourth-order valence-corrected chi connectivity index (χ4v) is 1.76. The van der Waals surface area contributed by atoms with Crippen LogP contribution in [0, 0.1) is 17.4 Å². The van der Waals surface area contributed by atoms with Gasteiger partial charge >= 0.3 is 0 Å². The summed E-state index contributed by atoms with van der Waals surface area (Å²) in [6.45, 7) is 3.92. The van der Waals surface area contributed by atoms with Crippen LogP contribution in [0.1, 0.15) is 11.3 Å². The van der Waals surface area contributed by atoms with Crippen molar-refractivity contribution in [2.24, 2.45) is 0 Å². The molecule has 0 unspecified atom stereocenters. The predicted octanol–water partition coefficient (Wildman–Crippen LogP) is 3.41. The van der Waals surface area contributed by atoms with Crippen LogP contribution in [0.5, 0.6) is 0 Å². The Balaban J connectivity index is 2.57. The molecule has 2 rings (SSSR count). The molecule has 2 aromatic rings. The van der Waals surface area contributed by atoms with Gasteiger partial charge in [-0.05, 0) is 54.1 Å². The molecule has 82 valence electrons. The van der Waals surface area contributed by atoms with E-state index in [1.807, 2.05) is 26.0 Å². The zero-order valence-electron chi connectivity index (χ0n) is 8.83. The molecule has 0 amide bonds. The van der Waals surface area contributed by atoms with E-state index < -0.39 is 0 Å². The molecular weight excluding hydrogens is 336 g/mol. The topological polar surface area (TPSA) is 38.7 Å². The number of nitrogens with zero attached hydrogens (tertiary/aromatic N) is 3. The Morgan fingerprint density at radius 1 is 1.25 bits per heavy atom. The van der Waals surface area contributed by atoms with Gasteiger partial charge in [0.15, 0.2) is 5.82 Å². The first-order valence-electron chi connectivity index (χ1n) is 4.70. The van der Waals surface area contributed by atoms with E-state index in [-0.39, 0.29) is 0 Å². The Bertz CT molecular complexity index is 519. The highest BCUT2D eigenvalue weighted by molar-refractivity contribution is 14.1. The van der Waals surface area contributed by atoms with Crippen LogP contribution in [-0.2, 0) is 0 Å². The summed E-state index contributed by atoms with van der Waals surface area (Å²) in [7, 11) is 0. The highest BCUT2D eigenvalue weighted by atomic mass is 127. The van der Waals surface area contributed by atoms with E-state index in [9.17, 15) is 0 Å². The molecule has 5 heteroatoms. The molecule has 0 bridgehead atoms. The Labute approximate surface area is 112 Å². The first kappa shape index (κ1) is 11.7. The molecule has 0 radical (unpaired) electrons. The molecule has 3 nitrogen and oxygen atoms in total. The van der Waals surface area contributed by atoms with Crippen molar-refractivity contribution in [3.63, 3.8) is 0 Å². The molecule has 0 aliphatic rings. The third-order valence-corrected chi connectivity index (χ3v) is 4.00. The molecule has 0 fully saturated rings. The molecule has 2 aromatic heterocycles. The number of rotatable bonds is 1. The van der Waals surface area contributed by atoms with Gasteiger partial charge in [-0.1, -0.05) is 11.6 Å².